The molecule has 1 unspecified atom stereocenters. The van der Waals surface area contributed by atoms with Crippen LogP contribution < -0.4 is 0 Å². The summed E-state index contributed by atoms with van der Waals surface area (Å²) in [5, 5.41) is 2.14. The van der Waals surface area contributed by atoms with Gasteiger partial charge >= 0.3 is 0 Å². The van der Waals surface area contributed by atoms with E-state index in [0.29, 0.717) is 12.4 Å². The van der Waals surface area contributed by atoms with Crippen molar-refractivity contribution >= 4 is 36.4 Å². The zero-order valence-electron chi connectivity index (χ0n) is 20.8. The fourth-order valence-electron chi connectivity index (χ4n) is 5.18. The smallest absolute Gasteiger partial charge is 0.209 e. The number of amides is 1. The number of piperidine rings is 2. The number of carbonyl (C=O) groups is 3. The van der Waals surface area contributed by atoms with E-state index in [1.165, 1.54) is 5.56 Å². The van der Waals surface area contributed by atoms with E-state index in [9.17, 15) is 14.4 Å². The Morgan fingerprint density at radius 2 is 1.58 bits per heavy atom. The van der Waals surface area contributed by atoms with Gasteiger partial charge in [0.25, 0.3) is 0 Å². The molecule has 0 saturated carbocycles. The highest BCUT2D eigenvalue weighted by molar-refractivity contribution is 6.75. The van der Waals surface area contributed by atoms with Crippen LogP contribution in [0.1, 0.15) is 41.6 Å². The third-order valence-electron chi connectivity index (χ3n) is 7.24. The average Bonchev–Trinajstić information content (AvgIpc) is 2.94. The number of hydrogen-bond acceptors (Lipinski definition) is 4. The average molecular weight is 481 g/mol. The summed E-state index contributed by atoms with van der Waals surface area (Å²) in [5.41, 5.74) is 2.36. The maximum atomic E-state index is 12.5. The van der Waals surface area contributed by atoms with Crippen LogP contribution >= 0.6 is 0 Å². The lowest BCUT2D eigenvalue weighted by Crippen LogP contribution is -2.41. The molecular formula is C30H34BN2O3. The first kappa shape index (κ1) is 25.8. The molecule has 6 heteroatoms. The number of fused-ring (bicyclic) bond motifs is 1. The van der Waals surface area contributed by atoms with Gasteiger partial charge in [0.1, 0.15) is 0 Å². The normalized spacial score (nSPS) is 18.7. The minimum Gasteiger partial charge on any atom is -0.345 e. The van der Waals surface area contributed by atoms with Crippen LogP contribution in [0.3, 0.4) is 0 Å². The van der Waals surface area contributed by atoms with Crippen LogP contribution in [-0.2, 0) is 16.1 Å². The second kappa shape index (κ2) is 13.2. The molecule has 2 aliphatic heterocycles. The van der Waals surface area contributed by atoms with Gasteiger partial charge in [-0.2, -0.15) is 0 Å². The molecule has 3 aromatic carbocycles. The van der Waals surface area contributed by atoms with Gasteiger partial charge in [0.2, 0.25) is 13.7 Å². The van der Waals surface area contributed by atoms with E-state index in [-0.39, 0.29) is 11.6 Å². The molecule has 5 nitrogen and oxygen atoms in total. The van der Waals surface area contributed by atoms with Crippen molar-refractivity contribution in [2.24, 2.45) is 5.92 Å². The third kappa shape index (κ3) is 7.14. The lowest BCUT2D eigenvalue weighted by atomic mass is 9.54. The van der Waals surface area contributed by atoms with E-state index >= 15 is 0 Å². The van der Waals surface area contributed by atoms with E-state index in [2.05, 4.69) is 29.2 Å². The Morgan fingerprint density at radius 3 is 2.33 bits per heavy atom. The van der Waals surface area contributed by atoms with Crippen LogP contribution in [0.5, 0.6) is 0 Å². The van der Waals surface area contributed by atoms with Gasteiger partial charge < -0.3 is 9.69 Å². The highest BCUT2D eigenvalue weighted by Gasteiger charge is 2.29. The van der Waals surface area contributed by atoms with E-state index < -0.39 is 0 Å². The van der Waals surface area contributed by atoms with E-state index in [1.807, 2.05) is 55.8 Å². The Morgan fingerprint density at radius 1 is 0.861 bits per heavy atom. The van der Waals surface area contributed by atoms with Gasteiger partial charge in [-0.15, -0.1) is 0 Å². The molecule has 3 aromatic rings. The molecule has 2 heterocycles. The van der Waals surface area contributed by atoms with Crippen molar-refractivity contribution in [3.8, 4) is 0 Å². The van der Waals surface area contributed by atoms with Crippen molar-refractivity contribution in [2.45, 2.75) is 38.0 Å². The van der Waals surface area contributed by atoms with Crippen molar-refractivity contribution in [2.75, 3.05) is 26.2 Å². The predicted octanol–water partition coefficient (Wildman–Crippen LogP) is 4.82. The van der Waals surface area contributed by atoms with Crippen molar-refractivity contribution in [1.29, 1.82) is 0 Å². The number of hydrogen-bond donors (Lipinski definition) is 0. The largest absolute Gasteiger partial charge is 0.345 e. The maximum absolute atomic E-state index is 12.5. The summed E-state index contributed by atoms with van der Waals surface area (Å²) in [4.78, 5) is 38.2. The van der Waals surface area contributed by atoms with Crippen molar-refractivity contribution in [3.63, 3.8) is 0 Å². The Labute approximate surface area is 214 Å². The van der Waals surface area contributed by atoms with Gasteiger partial charge in [-0.1, -0.05) is 78.6 Å². The van der Waals surface area contributed by atoms with Crippen LogP contribution in [0, 0.1) is 5.92 Å². The van der Waals surface area contributed by atoms with E-state index in [0.717, 1.165) is 80.9 Å². The molecular weight excluding hydrogens is 447 g/mol. The summed E-state index contributed by atoms with van der Waals surface area (Å²) in [5.74, 6) is 0.419. The highest BCUT2D eigenvalue weighted by atomic mass is 16.1. The monoisotopic (exact) mass is 481 g/mol. The Bertz CT molecular complexity index is 1140. The Hall–Kier alpha value is -3.25. The second-order valence-corrected chi connectivity index (χ2v) is 9.79. The molecule has 0 aromatic heterocycles. The molecule has 36 heavy (non-hydrogen) atoms. The quantitative estimate of drug-likeness (QED) is 0.359. The zero-order chi connectivity index (χ0) is 25.2. The number of benzene rings is 3. The van der Waals surface area contributed by atoms with Crippen LogP contribution in [0.2, 0.25) is 5.82 Å². The van der Waals surface area contributed by atoms with E-state index in [4.69, 9.17) is 0 Å². The minimum absolute atomic E-state index is 0.0197. The molecule has 0 spiro atoms. The molecule has 2 aliphatic rings. The summed E-state index contributed by atoms with van der Waals surface area (Å²) >= 11 is 0. The molecule has 185 valence electrons. The van der Waals surface area contributed by atoms with Crippen LogP contribution in [0.25, 0.3) is 10.8 Å². The standard InChI is InChI=1S/C19H26BN2O2.C11H8O/c23-15-22-10-4-7-17(14-22)19(24)20-18-8-11-21(12-9-18)13-16-5-2-1-3-6-16;12-8-10-6-3-5-9-4-1-2-7-11(9)10/h1-3,5-6,15,17-18H,4,7-14H2;1-8H. The third-order valence-corrected chi connectivity index (χ3v) is 7.24. The van der Waals surface area contributed by atoms with E-state index in [1.54, 1.807) is 4.90 Å². The second-order valence-electron chi connectivity index (χ2n) is 9.79. The van der Waals surface area contributed by atoms with Crippen LogP contribution in [0.15, 0.2) is 72.8 Å². The molecule has 1 radical (unpaired) electrons. The first-order valence-electron chi connectivity index (χ1n) is 12.9. The van der Waals surface area contributed by atoms with Crippen molar-refractivity contribution in [3.05, 3.63) is 83.9 Å². The summed E-state index contributed by atoms with van der Waals surface area (Å²) in [6, 6.07) is 24.2. The number of nitrogens with zero attached hydrogens (tertiary/aromatic N) is 2. The van der Waals surface area contributed by atoms with Gasteiger partial charge in [-0.3, -0.25) is 14.5 Å². The number of rotatable bonds is 7. The highest BCUT2D eigenvalue weighted by Crippen LogP contribution is 2.25. The zero-order valence-corrected chi connectivity index (χ0v) is 20.8. The minimum atomic E-state index is 0.0197. The van der Waals surface area contributed by atoms with Crippen molar-refractivity contribution < 1.29 is 14.4 Å². The summed E-state index contributed by atoms with van der Waals surface area (Å²) in [6.07, 6.45) is 5.75. The molecule has 2 saturated heterocycles. The molecule has 1 amide bonds. The summed E-state index contributed by atoms with van der Waals surface area (Å²) in [6.45, 7) is 4.50. The SMILES string of the molecule is O=CN1CCCC(C(=O)[B]C2CCN(Cc3ccccc3)CC2)C1.O=Cc1cccc2ccccc12. The lowest BCUT2D eigenvalue weighted by Gasteiger charge is -2.33. The number of carbonyl (C=O) groups excluding carboxylic acids is 3. The topological polar surface area (TPSA) is 57.7 Å². The number of aldehydes is 1. The van der Waals surface area contributed by atoms with Gasteiger partial charge in [0.15, 0.2) is 6.29 Å². The molecule has 0 bridgehead atoms. The van der Waals surface area contributed by atoms with Crippen LogP contribution in [-0.4, -0.2) is 61.6 Å². The molecule has 2 fully saturated rings. The van der Waals surface area contributed by atoms with Gasteiger partial charge in [-0.05, 0) is 55.1 Å². The molecule has 5 rings (SSSR count). The first-order valence-corrected chi connectivity index (χ1v) is 12.9. The lowest BCUT2D eigenvalue weighted by molar-refractivity contribution is -0.122. The Kier molecular flexibility index (Phi) is 9.45. The summed E-state index contributed by atoms with van der Waals surface area (Å²) in [7, 11) is 1.96. The fraction of sp³-hybridized carbons (Fsp3) is 0.367. The number of likely N-dealkylation sites (tertiary alicyclic amines) is 2. The van der Waals surface area contributed by atoms with Crippen molar-refractivity contribution in [1.82, 2.24) is 9.80 Å². The summed E-state index contributed by atoms with van der Waals surface area (Å²) < 4.78 is 0. The van der Waals surface area contributed by atoms with Crippen LogP contribution in [0.4, 0.5) is 0 Å². The first-order chi connectivity index (χ1) is 17.7. The molecule has 1 atom stereocenters. The van der Waals surface area contributed by atoms with Gasteiger partial charge in [0, 0.05) is 31.1 Å². The Balaban J connectivity index is 0.000000211. The van der Waals surface area contributed by atoms with Gasteiger partial charge in [0.05, 0.1) is 5.68 Å². The molecule has 0 aliphatic carbocycles. The fourth-order valence-corrected chi connectivity index (χ4v) is 5.18. The predicted molar refractivity (Wildman–Crippen MR) is 145 cm³/mol. The maximum Gasteiger partial charge on any atom is 0.209 e. The van der Waals surface area contributed by atoms with Gasteiger partial charge in [-0.25, -0.2) is 0 Å². The molecule has 0 N–H and O–H groups in total.